The Hall–Kier alpha value is -3.49. The molecule has 180 valence electrons. The number of esters is 1. The number of benzene rings is 3. The molecule has 0 fully saturated rings. The van der Waals surface area contributed by atoms with Crippen LogP contribution in [0.3, 0.4) is 0 Å². The molecule has 35 heavy (non-hydrogen) atoms. The smallest absolute Gasteiger partial charge is 0.338 e. The van der Waals surface area contributed by atoms with E-state index in [1.165, 1.54) is 35.5 Å². The number of hydrogen-bond donors (Lipinski definition) is 0. The molecule has 0 N–H and O–H groups in total. The Morgan fingerprint density at radius 2 is 1.54 bits per heavy atom. The van der Waals surface area contributed by atoms with Crippen LogP contribution < -0.4 is 4.90 Å². The highest BCUT2D eigenvalue weighted by atomic mass is 32.2. The monoisotopic (exact) mass is 490 g/mol. The maximum Gasteiger partial charge on any atom is 0.338 e. The Bertz CT molecular complexity index is 1400. The SMILES string of the molecule is CC(OC(=O)c1cccc(S(=O)(=O)N2CCc3ccccc3C2)c1)C(=O)N1CCc2ccccc21. The van der Waals surface area contributed by atoms with Gasteiger partial charge in [0.05, 0.1) is 10.5 Å². The van der Waals surface area contributed by atoms with Gasteiger partial charge in [-0.1, -0.05) is 48.5 Å². The van der Waals surface area contributed by atoms with Gasteiger partial charge >= 0.3 is 5.97 Å². The molecule has 1 atom stereocenters. The summed E-state index contributed by atoms with van der Waals surface area (Å²) in [6.07, 6.45) is 0.382. The van der Waals surface area contributed by atoms with Crippen LogP contribution in [0.25, 0.3) is 0 Å². The molecule has 3 aromatic carbocycles. The van der Waals surface area contributed by atoms with Gasteiger partial charge in [-0.15, -0.1) is 0 Å². The molecule has 1 unspecified atom stereocenters. The van der Waals surface area contributed by atoms with Crippen molar-refractivity contribution in [2.24, 2.45) is 0 Å². The van der Waals surface area contributed by atoms with E-state index in [0.29, 0.717) is 19.5 Å². The number of carbonyl (C=O) groups excluding carboxylic acids is 2. The Balaban J connectivity index is 1.30. The molecule has 0 spiro atoms. The predicted octanol–water partition coefficient (Wildman–Crippen LogP) is 3.57. The number of ether oxygens (including phenoxy) is 1. The first-order valence-corrected chi connectivity index (χ1v) is 13.1. The number of para-hydroxylation sites is 1. The van der Waals surface area contributed by atoms with E-state index >= 15 is 0 Å². The molecule has 0 radical (unpaired) electrons. The lowest BCUT2D eigenvalue weighted by Crippen LogP contribution is -2.39. The third-order valence-corrected chi connectivity index (χ3v) is 8.43. The molecule has 2 aliphatic rings. The van der Waals surface area contributed by atoms with E-state index in [2.05, 4.69) is 0 Å². The number of anilines is 1. The van der Waals surface area contributed by atoms with Crippen molar-refractivity contribution in [2.45, 2.75) is 37.3 Å². The fourth-order valence-corrected chi connectivity index (χ4v) is 6.14. The summed E-state index contributed by atoms with van der Waals surface area (Å²) in [4.78, 5) is 27.4. The van der Waals surface area contributed by atoms with Crippen molar-refractivity contribution in [1.82, 2.24) is 4.31 Å². The van der Waals surface area contributed by atoms with E-state index < -0.39 is 22.1 Å². The highest BCUT2D eigenvalue weighted by Gasteiger charge is 2.31. The Morgan fingerprint density at radius 3 is 2.34 bits per heavy atom. The normalized spacial score (nSPS) is 16.3. The van der Waals surface area contributed by atoms with Gasteiger partial charge in [0, 0.05) is 25.3 Å². The lowest BCUT2D eigenvalue weighted by molar-refractivity contribution is -0.126. The molecule has 3 aromatic rings. The highest BCUT2D eigenvalue weighted by Crippen LogP contribution is 2.29. The zero-order chi connectivity index (χ0) is 24.6. The minimum absolute atomic E-state index is 0.0266. The first-order valence-electron chi connectivity index (χ1n) is 11.6. The van der Waals surface area contributed by atoms with E-state index in [1.807, 2.05) is 48.5 Å². The quantitative estimate of drug-likeness (QED) is 0.511. The average Bonchev–Trinajstić information content (AvgIpc) is 3.32. The van der Waals surface area contributed by atoms with Crippen LogP contribution in [-0.4, -0.2) is 43.8 Å². The number of fused-ring (bicyclic) bond motifs is 2. The van der Waals surface area contributed by atoms with E-state index in [-0.39, 0.29) is 22.9 Å². The van der Waals surface area contributed by atoms with E-state index in [4.69, 9.17) is 4.74 Å². The predicted molar refractivity (Wildman–Crippen MR) is 132 cm³/mol. The topological polar surface area (TPSA) is 84.0 Å². The molecule has 1 amide bonds. The maximum absolute atomic E-state index is 13.3. The number of sulfonamides is 1. The number of hydrogen-bond acceptors (Lipinski definition) is 5. The van der Waals surface area contributed by atoms with Crippen LogP contribution in [0.2, 0.25) is 0 Å². The molecule has 8 heteroatoms. The number of carbonyl (C=O) groups is 2. The Labute approximate surface area is 205 Å². The largest absolute Gasteiger partial charge is 0.449 e. The summed E-state index contributed by atoms with van der Waals surface area (Å²) in [5.41, 5.74) is 4.13. The fraction of sp³-hybridized carbons (Fsp3) is 0.259. The molecule has 0 saturated carbocycles. The zero-order valence-electron chi connectivity index (χ0n) is 19.4. The fourth-order valence-electron chi connectivity index (χ4n) is 4.67. The lowest BCUT2D eigenvalue weighted by Gasteiger charge is -2.28. The lowest BCUT2D eigenvalue weighted by atomic mass is 10.0. The third kappa shape index (κ3) is 4.47. The third-order valence-electron chi connectivity index (χ3n) is 6.59. The van der Waals surface area contributed by atoms with Gasteiger partial charge in [0.25, 0.3) is 5.91 Å². The Morgan fingerprint density at radius 1 is 0.857 bits per heavy atom. The second-order valence-electron chi connectivity index (χ2n) is 8.80. The van der Waals surface area contributed by atoms with Crippen LogP contribution in [0.1, 0.15) is 34.0 Å². The highest BCUT2D eigenvalue weighted by molar-refractivity contribution is 7.89. The average molecular weight is 491 g/mol. The summed E-state index contributed by atoms with van der Waals surface area (Å²) in [5, 5.41) is 0. The minimum atomic E-state index is -3.80. The molecule has 2 aliphatic heterocycles. The summed E-state index contributed by atoms with van der Waals surface area (Å²) in [7, 11) is -3.80. The molecule has 7 nitrogen and oxygen atoms in total. The first kappa shape index (κ1) is 23.3. The van der Waals surface area contributed by atoms with Crippen molar-refractivity contribution in [1.29, 1.82) is 0 Å². The first-order chi connectivity index (χ1) is 16.8. The van der Waals surface area contributed by atoms with Gasteiger partial charge in [-0.25, -0.2) is 13.2 Å². The van der Waals surface area contributed by atoms with E-state index in [0.717, 1.165) is 28.8 Å². The summed E-state index contributed by atoms with van der Waals surface area (Å²) in [5.74, 6) is -1.04. The zero-order valence-corrected chi connectivity index (χ0v) is 20.2. The summed E-state index contributed by atoms with van der Waals surface area (Å²) in [6.45, 7) is 2.73. The van der Waals surface area contributed by atoms with Crippen molar-refractivity contribution in [2.75, 3.05) is 18.0 Å². The van der Waals surface area contributed by atoms with Gasteiger partial charge in [-0.05, 0) is 60.7 Å². The molecule has 0 aromatic heterocycles. The van der Waals surface area contributed by atoms with E-state index in [9.17, 15) is 18.0 Å². The number of amides is 1. The number of rotatable bonds is 5. The molecule has 0 bridgehead atoms. The molecule has 0 aliphatic carbocycles. The van der Waals surface area contributed by atoms with Gasteiger partial charge in [-0.2, -0.15) is 4.31 Å². The van der Waals surface area contributed by atoms with Crippen molar-refractivity contribution < 1.29 is 22.7 Å². The van der Waals surface area contributed by atoms with E-state index in [1.54, 1.807) is 4.90 Å². The summed E-state index contributed by atoms with van der Waals surface area (Å²) >= 11 is 0. The maximum atomic E-state index is 13.3. The van der Waals surface area contributed by atoms with Crippen LogP contribution in [0, 0.1) is 0 Å². The van der Waals surface area contributed by atoms with Gasteiger partial charge in [0.15, 0.2) is 6.10 Å². The van der Waals surface area contributed by atoms with Crippen LogP contribution in [-0.2, 0) is 38.9 Å². The molecular formula is C27H26N2O5S. The molecular weight excluding hydrogens is 464 g/mol. The molecule has 0 saturated heterocycles. The van der Waals surface area contributed by atoms with Crippen LogP contribution in [0.5, 0.6) is 0 Å². The van der Waals surface area contributed by atoms with Crippen LogP contribution >= 0.6 is 0 Å². The standard InChI is InChI=1S/C27H26N2O5S/c1-19(26(30)29-16-14-21-8-4-5-12-25(21)29)34-27(31)22-10-6-11-24(17-22)35(32,33)28-15-13-20-7-2-3-9-23(20)18-28/h2-12,17,19H,13-16,18H2,1H3. The Kier molecular flexibility index (Phi) is 6.17. The van der Waals surface area contributed by atoms with Crippen molar-refractivity contribution in [3.05, 3.63) is 95.1 Å². The van der Waals surface area contributed by atoms with Crippen molar-refractivity contribution >= 4 is 27.6 Å². The summed E-state index contributed by atoms with van der Waals surface area (Å²) in [6, 6.07) is 21.3. The van der Waals surface area contributed by atoms with Crippen molar-refractivity contribution in [3.63, 3.8) is 0 Å². The van der Waals surface area contributed by atoms with Gasteiger partial charge in [-0.3, -0.25) is 4.79 Å². The molecule has 2 heterocycles. The second kappa shape index (κ2) is 9.28. The van der Waals surface area contributed by atoms with Crippen molar-refractivity contribution in [3.8, 4) is 0 Å². The van der Waals surface area contributed by atoms with Gasteiger partial charge in [0.1, 0.15) is 0 Å². The van der Waals surface area contributed by atoms with Crippen LogP contribution in [0.15, 0.2) is 77.7 Å². The second-order valence-corrected chi connectivity index (χ2v) is 10.7. The summed E-state index contributed by atoms with van der Waals surface area (Å²) < 4.78 is 33.5. The minimum Gasteiger partial charge on any atom is -0.449 e. The van der Waals surface area contributed by atoms with Gasteiger partial charge < -0.3 is 9.64 Å². The van der Waals surface area contributed by atoms with Gasteiger partial charge in [0.2, 0.25) is 10.0 Å². The van der Waals surface area contributed by atoms with Crippen LogP contribution in [0.4, 0.5) is 5.69 Å². The molecule has 5 rings (SSSR count). The number of nitrogens with zero attached hydrogens (tertiary/aromatic N) is 2.